The molecule has 9 nitrogen and oxygen atoms in total. The highest BCUT2D eigenvalue weighted by Crippen LogP contribution is 2.40. The van der Waals surface area contributed by atoms with Crippen LogP contribution in [0.1, 0.15) is 6.92 Å². The number of ether oxygens (including phenoxy) is 2. The molecule has 3 N–H and O–H groups in total. The molecule has 0 radical (unpaired) electrons. The SMILES string of the molecule is C[C@H](Nc1ccc2c(c1F)OCCn1cc(N3C(=C=O)OC[C@H]3C(F)F)nc1-2)C(N)=O. The molecule has 12 heteroatoms. The van der Waals surface area contributed by atoms with E-state index < -0.39 is 30.2 Å². The minimum atomic E-state index is -2.79. The van der Waals surface area contributed by atoms with Gasteiger partial charge in [-0.25, -0.2) is 22.9 Å². The van der Waals surface area contributed by atoms with Crippen molar-refractivity contribution in [2.75, 3.05) is 23.4 Å². The second kappa shape index (κ2) is 7.88. The van der Waals surface area contributed by atoms with Crippen LogP contribution in [0.25, 0.3) is 11.4 Å². The first-order valence-corrected chi connectivity index (χ1v) is 9.35. The molecule has 1 amide bonds. The topological polar surface area (TPSA) is 112 Å². The van der Waals surface area contributed by atoms with Crippen LogP contribution in [0.4, 0.5) is 24.7 Å². The minimum absolute atomic E-state index is 0.0159. The second-order valence-electron chi connectivity index (χ2n) is 7.03. The first-order valence-electron chi connectivity index (χ1n) is 9.35. The van der Waals surface area contributed by atoms with E-state index in [1.54, 1.807) is 4.57 Å². The van der Waals surface area contributed by atoms with Crippen molar-refractivity contribution in [2.24, 2.45) is 5.73 Å². The van der Waals surface area contributed by atoms with Gasteiger partial charge in [-0.1, -0.05) is 0 Å². The molecule has 164 valence electrons. The van der Waals surface area contributed by atoms with Gasteiger partial charge in [-0.15, -0.1) is 0 Å². The normalized spacial score (nSPS) is 18.4. The first kappa shape index (κ1) is 20.6. The van der Waals surface area contributed by atoms with Crippen molar-refractivity contribution in [1.82, 2.24) is 9.55 Å². The molecule has 0 aliphatic carbocycles. The van der Waals surface area contributed by atoms with Gasteiger partial charge in [0.15, 0.2) is 23.3 Å². The maximum Gasteiger partial charge on any atom is 0.284 e. The van der Waals surface area contributed by atoms with Crippen molar-refractivity contribution in [3.05, 3.63) is 30.0 Å². The Morgan fingerprint density at radius 2 is 2.16 bits per heavy atom. The van der Waals surface area contributed by atoms with E-state index >= 15 is 4.39 Å². The largest absolute Gasteiger partial charge is 0.488 e. The molecule has 0 unspecified atom stereocenters. The number of benzene rings is 1. The first-order chi connectivity index (χ1) is 14.8. The quantitative estimate of drug-likeness (QED) is 0.682. The Balaban J connectivity index is 1.76. The number of primary amides is 1. The number of imidazole rings is 1. The van der Waals surface area contributed by atoms with Gasteiger partial charge in [-0.05, 0) is 19.1 Å². The maximum atomic E-state index is 15.1. The summed E-state index contributed by atoms with van der Waals surface area (Å²) < 4.78 is 54.1. The molecule has 1 aromatic carbocycles. The maximum absolute atomic E-state index is 15.1. The van der Waals surface area contributed by atoms with Gasteiger partial charge in [0.1, 0.15) is 31.1 Å². The van der Waals surface area contributed by atoms with E-state index in [-0.39, 0.29) is 54.3 Å². The van der Waals surface area contributed by atoms with E-state index in [0.717, 1.165) is 4.90 Å². The Bertz CT molecular complexity index is 1080. The minimum Gasteiger partial charge on any atom is -0.488 e. The standard InChI is InChI=1S/C19H18F3N5O4/c1-9(18(23)29)24-11-3-2-10-16(15(11)20)30-5-4-26-6-13(25-19(10)26)27-12(17(21)22)8-31-14(27)7-28/h2-3,6,9,12,17,24H,4-5,8H2,1H3,(H2,23,29)/t9-,12-/m0/s1. The highest BCUT2D eigenvalue weighted by molar-refractivity contribution is 5.83. The average Bonchev–Trinajstić information content (AvgIpc) is 3.30. The number of hydrogen-bond acceptors (Lipinski definition) is 7. The molecule has 1 fully saturated rings. The summed E-state index contributed by atoms with van der Waals surface area (Å²) in [6, 6.07) is 0.717. The summed E-state index contributed by atoms with van der Waals surface area (Å²) in [5, 5.41) is 2.67. The molecule has 0 bridgehead atoms. The molecule has 2 atom stereocenters. The lowest BCUT2D eigenvalue weighted by Crippen LogP contribution is -2.36. The van der Waals surface area contributed by atoms with Crippen LogP contribution < -0.4 is 20.7 Å². The number of amides is 1. The van der Waals surface area contributed by atoms with Gasteiger partial charge in [0, 0.05) is 6.20 Å². The van der Waals surface area contributed by atoms with Crippen molar-refractivity contribution in [1.29, 1.82) is 0 Å². The predicted molar refractivity (Wildman–Crippen MR) is 103 cm³/mol. The summed E-state index contributed by atoms with van der Waals surface area (Å²) >= 11 is 0. The molecule has 2 aliphatic heterocycles. The molecule has 1 aromatic heterocycles. The number of alkyl halides is 2. The number of anilines is 2. The van der Waals surface area contributed by atoms with E-state index in [9.17, 15) is 18.4 Å². The fourth-order valence-corrected chi connectivity index (χ4v) is 3.44. The lowest BCUT2D eigenvalue weighted by Gasteiger charge is -2.19. The molecule has 0 spiro atoms. The molecular formula is C19H18F3N5O4. The molecule has 2 aromatic rings. The molecule has 3 heterocycles. The van der Waals surface area contributed by atoms with Crippen molar-refractivity contribution < 1.29 is 32.2 Å². The summed E-state index contributed by atoms with van der Waals surface area (Å²) in [4.78, 5) is 27.8. The monoisotopic (exact) mass is 437 g/mol. The predicted octanol–water partition coefficient (Wildman–Crippen LogP) is 1.51. The number of nitrogens with two attached hydrogens (primary N) is 1. The fraction of sp³-hybridized carbons (Fsp3) is 0.368. The van der Waals surface area contributed by atoms with Gasteiger partial charge in [-0.2, -0.15) is 0 Å². The van der Waals surface area contributed by atoms with Crippen LogP contribution in [0.15, 0.2) is 24.2 Å². The number of carbonyl (C=O) groups is 1. The third-order valence-corrected chi connectivity index (χ3v) is 5.05. The Morgan fingerprint density at radius 1 is 1.39 bits per heavy atom. The third kappa shape index (κ3) is 3.55. The summed E-state index contributed by atoms with van der Waals surface area (Å²) in [5.41, 5.74) is 5.51. The zero-order chi connectivity index (χ0) is 22.3. The third-order valence-electron chi connectivity index (χ3n) is 5.05. The highest BCUT2D eigenvalue weighted by atomic mass is 19.3. The van der Waals surface area contributed by atoms with E-state index in [1.165, 1.54) is 31.2 Å². The Morgan fingerprint density at radius 3 is 2.84 bits per heavy atom. The lowest BCUT2D eigenvalue weighted by atomic mass is 10.1. The van der Waals surface area contributed by atoms with Crippen molar-refractivity contribution >= 4 is 23.4 Å². The van der Waals surface area contributed by atoms with Gasteiger partial charge < -0.3 is 25.1 Å². The number of nitrogens with zero attached hydrogens (tertiary/aromatic N) is 3. The number of rotatable bonds is 5. The summed E-state index contributed by atoms with van der Waals surface area (Å²) in [6.45, 7) is 1.44. The zero-order valence-corrected chi connectivity index (χ0v) is 16.3. The van der Waals surface area contributed by atoms with Crippen LogP contribution in [0.2, 0.25) is 0 Å². The molecule has 2 aliphatic rings. The number of hydrogen-bond donors (Lipinski definition) is 2. The molecule has 31 heavy (non-hydrogen) atoms. The Kier molecular flexibility index (Phi) is 5.24. The molecule has 1 saturated heterocycles. The molecule has 4 rings (SSSR count). The summed E-state index contributed by atoms with van der Waals surface area (Å²) in [5.74, 6) is -0.0677. The van der Waals surface area contributed by atoms with Gasteiger partial charge in [0.2, 0.25) is 5.91 Å². The number of halogens is 3. The Labute approximate surface area is 174 Å². The average molecular weight is 437 g/mol. The number of carbonyl (C=O) groups excluding carboxylic acids is 2. The number of nitrogens with one attached hydrogen (secondary N) is 1. The van der Waals surface area contributed by atoms with Gasteiger partial charge in [0.25, 0.3) is 12.3 Å². The van der Waals surface area contributed by atoms with E-state index in [1.807, 2.05) is 0 Å². The highest BCUT2D eigenvalue weighted by Gasteiger charge is 2.40. The summed E-state index contributed by atoms with van der Waals surface area (Å²) in [7, 11) is 0. The van der Waals surface area contributed by atoms with Crippen LogP contribution in [0.5, 0.6) is 5.75 Å². The van der Waals surface area contributed by atoms with E-state index in [2.05, 4.69) is 10.3 Å². The van der Waals surface area contributed by atoms with Gasteiger partial charge >= 0.3 is 0 Å². The zero-order valence-electron chi connectivity index (χ0n) is 16.3. The van der Waals surface area contributed by atoms with Crippen LogP contribution in [-0.2, 0) is 20.9 Å². The smallest absolute Gasteiger partial charge is 0.284 e. The fourth-order valence-electron chi connectivity index (χ4n) is 3.44. The van der Waals surface area contributed by atoms with Gasteiger partial charge in [0.05, 0.1) is 17.8 Å². The molecule has 0 saturated carbocycles. The number of fused-ring (bicyclic) bond motifs is 3. The van der Waals surface area contributed by atoms with Crippen molar-refractivity contribution in [2.45, 2.75) is 32.0 Å². The van der Waals surface area contributed by atoms with Crippen LogP contribution in [0.3, 0.4) is 0 Å². The van der Waals surface area contributed by atoms with Crippen molar-refractivity contribution in [3.8, 4) is 17.1 Å². The van der Waals surface area contributed by atoms with Crippen LogP contribution in [0, 0.1) is 5.82 Å². The number of aromatic nitrogens is 2. The molecular weight excluding hydrogens is 419 g/mol. The van der Waals surface area contributed by atoms with E-state index in [0.29, 0.717) is 0 Å². The van der Waals surface area contributed by atoms with Crippen molar-refractivity contribution in [3.63, 3.8) is 0 Å². The van der Waals surface area contributed by atoms with Gasteiger partial charge in [-0.3, -0.25) is 9.69 Å². The summed E-state index contributed by atoms with van der Waals surface area (Å²) in [6.07, 6.45) is -1.32. The van der Waals surface area contributed by atoms with Crippen LogP contribution in [-0.4, -0.2) is 53.1 Å². The van der Waals surface area contributed by atoms with E-state index in [4.69, 9.17) is 15.2 Å². The lowest BCUT2D eigenvalue weighted by molar-refractivity contribution is -0.118. The van der Waals surface area contributed by atoms with Crippen LogP contribution >= 0.6 is 0 Å². The Hall–Kier alpha value is -3.66. The second-order valence-corrected chi connectivity index (χ2v) is 7.03.